The van der Waals surface area contributed by atoms with E-state index in [1.54, 1.807) is 0 Å². The number of fused-ring (bicyclic) bond motifs is 4. The summed E-state index contributed by atoms with van der Waals surface area (Å²) in [6.07, 6.45) is 5.31. The molecule has 146 valence electrons. The molecule has 0 saturated carbocycles. The Bertz CT molecular complexity index is 889. The van der Waals surface area contributed by atoms with Crippen LogP contribution in [-0.4, -0.2) is 43.3 Å². The van der Waals surface area contributed by atoms with Crippen molar-refractivity contribution in [2.75, 3.05) is 47.4 Å². The largest absolute Gasteiger partial charge is 0.383 e. The van der Waals surface area contributed by atoms with Crippen LogP contribution in [0.15, 0.2) is 36.4 Å². The molecule has 4 aliphatic heterocycles. The lowest BCUT2D eigenvalue weighted by Crippen LogP contribution is -2.61. The molecule has 0 radical (unpaired) electrons. The molecule has 0 spiro atoms. The third-order valence-corrected chi connectivity index (χ3v) is 7.03. The van der Waals surface area contributed by atoms with E-state index in [9.17, 15) is 0 Å². The molecule has 6 rings (SSSR count). The standard InChI is InChI=1S/C23H29N5/c1-2-6-19-18(5-1)25-12-20(26-19)17-13-28(14-17)21-10-9-16-8-7-15-4-3-11-24-22(15)23(16)27-21/h1-2,5-8,17,20-21,24-27H,3-4,9-14H2. The summed E-state index contributed by atoms with van der Waals surface area (Å²) in [4.78, 5) is 2.64. The average molecular weight is 376 g/mol. The maximum absolute atomic E-state index is 3.89. The fraction of sp³-hybridized carbons (Fsp3) is 0.478. The Hall–Kier alpha value is -2.40. The lowest BCUT2D eigenvalue weighted by molar-refractivity contribution is 0.0500. The number of rotatable bonds is 2. The number of nitrogens with zero attached hydrogens (tertiary/aromatic N) is 1. The second-order valence-corrected chi connectivity index (χ2v) is 8.75. The summed E-state index contributed by atoms with van der Waals surface area (Å²) in [5.41, 5.74) is 8.20. The number of hydrogen-bond donors (Lipinski definition) is 4. The molecule has 0 bridgehead atoms. The minimum absolute atomic E-state index is 0.475. The van der Waals surface area contributed by atoms with Crippen LogP contribution < -0.4 is 21.3 Å². The van der Waals surface area contributed by atoms with Crippen molar-refractivity contribution in [3.63, 3.8) is 0 Å². The summed E-state index contributed by atoms with van der Waals surface area (Å²) in [5, 5.41) is 14.9. The topological polar surface area (TPSA) is 51.4 Å². The third-order valence-electron chi connectivity index (χ3n) is 7.03. The van der Waals surface area contributed by atoms with E-state index in [0.29, 0.717) is 18.1 Å². The van der Waals surface area contributed by atoms with Crippen molar-refractivity contribution in [3.8, 4) is 0 Å². The van der Waals surface area contributed by atoms with Crippen molar-refractivity contribution in [3.05, 3.63) is 47.5 Å². The highest BCUT2D eigenvalue weighted by Gasteiger charge is 2.39. The first-order valence-electron chi connectivity index (χ1n) is 10.8. The number of benzene rings is 2. The van der Waals surface area contributed by atoms with Crippen molar-refractivity contribution in [2.24, 2.45) is 5.92 Å². The van der Waals surface area contributed by atoms with E-state index < -0.39 is 0 Å². The van der Waals surface area contributed by atoms with Gasteiger partial charge < -0.3 is 21.3 Å². The lowest BCUT2D eigenvalue weighted by Gasteiger charge is -2.50. The molecular formula is C23H29N5. The van der Waals surface area contributed by atoms with Gasteiger partial charge in [0.1, 0.15) is 0 Å². The second-order valence-electron chi connectivity index (χ2n) is 8.75. The Morgan fingerprint density at radius 2 is 1.64 bits per heavy atom. The van der Waals surface area contributed by atoms with E-state index in [2.05, 4.69) is 62.6 Å². The molecule has 4 aliphatic rings. The third kappa shape index (κ3) is 2.72. The minimum Gasteiger partial charge on any atom is -0.383 e. The van der Waals surface area contributed by atoms with Crippen LogP contribution in [0.5, 0.6) is 0 Å². The molecule has 2 atom stereocenters. The summed E-state index contributed by atoms with van der Waals surface area (Å²) in [5.74, 6) is 0.715. The second kappa shape index (κ2) is 6.59. The zero-order valence-corrected chi connectivity index (χ0v) is 16.3. The number of aryl methyl sites for hydroxylation is 2. The van der Waals surface area contributed by atoms with Gasteiger partial charge >= 0.3 is 0 Å². The smallest absolute Gasteiger partial charge is 0.0797 e. The van der Waals surface area contributed by atoms with Gasteiger partial charge in [0.2, 0.25) is 0 Å². The predicted octanol–water partition coefficient (Wildman–Crippen LogP) is 3.57. The molecule has 1 saturated heterocycles. The zero-order chi connectivity index (χ0) is 18.5. The predicted molar refractivity (Wildman–Crippen MR) is 116 cm³/mol. The Labute approximate surface area is 166 Å². The molecule has 28 heavy (non-hydrogen) atoms. The Kier molecular flexibility index (Phi) is 3.89. The van der Waals surface area contributed by atoms with Crippen molar-refractivity contribution in [2.45, 2.75) is 37.9 Å². The first-order chi connectivity index (χ1) is 13.8. The van der Waals surface area contributed by atoms with Gasteiger partial charge in [0.25, 0.3) is 0 Å². The highest BCUT2D eigenvalue weighted by Crippen LogP contribution is 2.39. The monoisotopic (exact) mass is 375 g/mol. The fourth-order valence-corrected chi connectivity index (χ4v) is 5.35. The first-order valence-corrected chi connectivity index (χ1v) is 10.8. The quantitative estimate of drug-likeness (QED) is 0.647. The number of anilines is 4. The van der Waals surface area contributed by atoms with E-state index in [0.717, 1.165) is 13.1 Å². The van der Waals surface area contributed by atoms with E-state index in [4.69, 9.17) is 0 Å². The van der Waals surface area contributed by atoms with E-state index in [1.807, 2.05) is 0 Å². The molecule has 4 heterocycles. The molecule has 4 N–H and O–H groups in total. The van der Waals surface area contributed by atoms with Crippen LogP contribution in [0.4, 0.5) is 22.7 Å². The van der Waals surface area contributed by atoms with Crippen molar-refractivity contribution < 1.29 is 0 Å². The van der Waals surface area contributed by atoms with Crippen LogP contribution >= 0.6 is 0 Å². The van der Waals surface area contributed by atoms with Crippen molar-refractivity contribution in [1.29, 1.82) is 0 Å². The highest BCUT2D eigenvalue weighted by atomic mass is 15.3. The Balaban J connectivity index is 1.12. The molecule has 5 nitrogen and oxygen atoms in total. The van der Waals surface area contributed by atoms with Gasteiger partial charge in [0.05, 0.1) is 28.9 Å². The van der Waals surface area contributed by atoms with Gasteiger partial charge in [-0.3, -0.25) is 4.90 Å². The average Bonchev–Trinajstić information content (AvgIpc) is 2.72. The van der Waals surface area contributed by atoms with Crippen LogP contribution in [0.2, 0.25) is 0 Å². The minimum atomic E-state index is 0.475. The van der Waals surface area contributed by atoms with Gasteiger partial charge in [-0.05, 0) is 48.9 Å². The fourth-order valence-electron chi connectivity index (χ4n) is 5.35. The molecule has 2 unspecified atom stereocenters. The van der Waals surface area contributed by atoms with Crippen LogP contribution in [0.1, 0.15) is 24.0 Å². The maximum Gasteiger partial charge on any atom is 0.0797 e. The van der Waals surface area contributed by atoms with Crippen LogP contribution in [0, 0.1) is 5.92 Å². The van der Waals surface area contributed by atoms with Crippen LogP contribution in [-0.2, 0) is 12.8 Å². The van der Waals surface area contributed by atoms with Gasteiger partial charge in [-0.25, -0.2) is 0 Å². The van der Waals surface area contributed by atoms with Crippen molar-refractivity contribution in [1.82, 2.24) is 4.90 Å². The van der Waals surface area contributed by atoms with Gasteiger partial charge in [-0.1, -0.05) is 24.3 Å². The molecule has 5 heteroatoms. The van der Waals surface area contributed by atoms with E-state index in [-0.39, 0.29) is 0 Å². The highest BCUT2D eigenvalue weighted by molar-refractivity contribution is 5.78. The van der Waals surface area contributed by atoms with Gasteiger partial charge in [0.15, 0.2) is 0 Å². The Morgan fingerprint density at radius 3 is 2.54 bits per heavy atom. The normalized spacial score (nSPS) is 26.3. The molecule has 1 fully saturated rings. The van der Waals surface area contributed by atoms with E-state index >= 15 is 0 Å². The number of hydrogen-bond acceptors (Lipinski definition) is 5. The molecule has 0 aliphatic carbocycles. The first kappa shape index (κ1) is 16.5. The summed E-state index contributed by atoms with van der Waals surface area (Å²) in [7, 11) is 0. The van der Waals surface area contributed by atoms with E-state index in [1.165, 1.54) is 72.6 Å². The van der Waals surface area contributed by atoms with Gasteiger partial charge in [-0.15, -0.1) is 0 Å². The summed E-state index contributed by atoms with van der Waals surface area (Å²) >= 11 is 0. The number of nitrogens with one attached hydrogen (secondary N) is 4. The maximum atomic E-state index is 3.89. The molecule has 0 aromatic heterocycles. The van der Waals surface area contributed by atoms with Crippen LogP contribution in [0.3, 0.4) is 0 Å². The van der Waals surface area contributed by atoms with Gasteiger partial charge in [0, 0.05) is 38.1 Å². The van der Waals surface area contributed by atoms with Crippen LogP contribution in [0.25, 0.3) is 0 Å². The van der Waals surface area contributed by atoms with Gasteiger partial charge in [-0.2, -0.15) is 0 Å². The summed E-state index contributed by atoms with van der Waals surface area (Å²) in [6.45, 7) is 4.48. The molecule has 2 aromatic carbocycles. The SMILES string of the molecule is c1ccc2c(c1)NCC(C1CN(C3CCc4ccc5c(c4N3)NCCC5)C1)N2. The molecule has 0 amide bonds. The molecule has 2 aromatic rings. The summed E-state index contributed by atoms with van der Waals surface area (Å²) < 4.78 is 0. The lowest BCUT2D eigenvalue weighted by atomic mass is 9.87. The number of para-hydroxylation sites is 2. The Morgan fingerprint density at radius 1 is 0.821 bits per heavy atom. The molecular weight excluding hydrogens is 346 g/mol. The number of likely N-dealkylation sites (tertiary alicyclic amines) is 1. The summed E-state index contributed by atoms with van der Waals surface area (Å²) in [6, 6.07) is 13.8. The van der Waals surface area contributed by atoms with Crippen molar-refractivity contribution >= 4 is 22.7 Å². The zero-order valence-electron chi connectivity index (χ0n) is 16.3.